The highest BCUT2D eigenvalue weighted by molar-refractivity contribution is 5.92. The van der Waals surface area contributed by atoms with Crippen molar-refractivity contribution in [3.63, 3.8) is 0 Å². The van der Waals surface area contributed by atoms with Crippen molar-refractivity contribution in [3.8, 4) is 5.69 Å². The lowest BCUT2D eigenvalue weighted by molar-refractivity contribution is 0.0935. The van der Waals surface area contributed by atoms with Gasteiger partial charge in [0.25, 0.3) is 5.91 Å². The molecule has 0 saturated carbocycles. The Morgan fingerprint density at radius 3 is 3.16 bits per heavy atom. The smallest absolute Gasteiger partial charge is 0.270 e. The molecular formula is C13H15N5O. The number of hydrogen-bond acceptors (Lipinski definition) is 4. The maximum atomic E-state index is 12.1. The van der Waals surface area contributed by atoms with Gasteiger partial charge in [0.05, 0.1) is 5.69 Å². The van der Waals surface area contributed by atoms with Gasteiger partial charge in [0.1, 0.15) is 5.69 Å². The van der Waals surface area contributed by atoms with Crippen LogP contribution in [-0.2, 0) is 0 Å². The van der Waals surface area contributed by atoms with Crippen LogP contribution in [0.15, 0.2) is 36.8 Å². The van der Waals surface area contributed by atoms with Crippen molar-refractivity contribution in [2.24, 2.45) is 0 Å². The summed E-state index contributed by atoms with van der Waals surface area (Å²) in [5.41, 5.74) is 1.24. The van der Waals surface area contributed by atoms with E-state index in [1.54, 1.807) is 23.1 Å². The maximum Gasteiger partial charge on any atom is 0.270 e. The van der Waals surface area contributed by atoms with E-state index in [9.17, 15) is 4.79 Å². The highest BCUT2D eigenvalue weighted by Gasteiger charge is 2.18. The average Bonchev–Trinajstić information content (AvgIpc) is 3.12. The zero-order valence-electron chi connectivity index (χ0n) is 10.4. The molecule has 1 aliphatic heterocycles. The molecule has 1 unspecified atom stereocenters. The molecule has 1 fully saturated rings. The van der Waals surface area contributed by atoms with Gasteiger partial charge in [-0.05, 0) is 31.2 Å². The molecule has 6 heteroatoms. The molecule has 0 aromatic carbocycles. The van der Waals surface area contributed by atoms with Gasteiger partial charge in [-0.15, -0.1) is 0 Å². The molecule has 2 aromatic rings. The van der Waals surface area contributed by atoms with E-state index in [0.717, 1.165) is 25.2 Å². The van der Waals surface area contributed by atoms with Crippen molar-refractivity contribution in [3.05, 3.63) is 42.5 Å². The number of pyridine rings is 1. The van der Waals surface area contributed by atoms with Crippen LogP contribution in [0.5, 0.6) is 0 Å². The molecule has 2 N–H and O–H groups in total. The molecule has 0 bridgehead atoms. The topological polar surface area (TPSA) is 71.8 Å². The van der Waals surface area contributed by atoms with Crippen LogP contribution in [0.4, 0.5) is 0 Å². The zero-order chi connectivity index (χ0) is 13.1. The van der Waals surface area contributed by atoms with Crippen molar-refractivity contribution in [2.45, 2.75) is 12.5 Å². The highest BCUT2D eigenvalue weighted by Crippen LogP contribution is 2.08. The van der Waals surface area contributed by atoms with Gasteiger partial charge in [0.15, 0.2) is 0 Å². The van der Waals surface area contributed by atoms with Crippen molar-refractivity contribution >= 4 is 5.91 Å². The molecule has 0 radical (unpaired) electrons. The number of carbonyl (C=O) groups is 1. The molecule has 98 valence electrons. The lowest BCUT2D eigenvalue weighted by Gasteiger charge is -2.11. The van der Waals surface area contributed by atoms with Gasteiger partial charge >= 0.3 is 0 Å². The van der Waals surface area contributed by atoms with Gasteiger partial charge in [0, 0.05) is 31.2 Å². The minimum absolute atomic E-state index is 0.136. The zero-order valence-corrected chi connectivity index (χ0v) is 10.4. The van der Waals surface area contributed by atoms with Gasteiger partial charge < -0.3 is 10.6 Å². The summed E-state index contributed by atoms with van der Waals surface area (Å²) in [6.45, 7) is 1.77. The lowest BCUT2D eigenvalue weighted by Crippen LogP contribution is -2.36. The third kappa shape index (κ3) is 2.63. The third-order valence-electron chi connectivity index (χ3n) is 3.14. The van der Waals surface area contributed by atoms with Gasteiger partial charge in [0.2, 0.25) is 0 Å². The van der Waals surface area contributed by atoms with Crippen molar-refractivity contribution in [1.29, 1.82) is 0 Å². The van der Waals surface area contributed by atoms with E-state index >= 15 is 0 Å². The molecule has 3 heterocycles. The second-order valence-electron chi connectivity index (χ2n) is 4.51. The molecule has 0 aliphatic carbocycles. The lowest BCUT2D eigenvalue weighted by atomic mass is 10.2. The number of nitrogens with zero attached hydrogens (tertiary/aromatic N) is 3. The number of carbonyl (C=O) groups excluding carboxylic acids is 1. The minimum atomic E-state index is -0.136. The summed E-state index contributed by atoms with van der Waals surface area (Å²) in [6.07, 6.45) is 6.12. The Balaban J connectivity index is 1.77. The van der Waals surface area contributed by atoms with Crippen LogP contribution >= 0.6 is 0 Å². The Hall–Kier alpha value is -2.21. The van der Waals surface area contributed by atoms with Crippen molar-refractivity contribution in [1.82, 2.24) is 25.4 Å². The molecule has 2 aromatic heterocycles. The fourth-order valence-corrected chi connectivity index (χ4v) is 2.14. The molecular weight excluding hydrogens is 242 g/mol. The van der Waals surface area contributed by atoms with E-state index in [1.165, 1.54) is 0 Å². The van der Waals surface area contributed by atoms with E-state index in [1.807, 2.05) is 18.3 Å². The van der Waals surface area contributed by atoms with E-state index in [4.69, 9.17) is 0 Å². The Bertz CT molecular complexity index is 560. The van der Waals surface area contributed by atoms with E-state index < -0.39 is 0 Å². The van der Waals surface area contributed by atoms with Crippen LogP contribution in [0.25, 0.3) is 5.69 Å². The van der Waals surface area contributed by atoms with Crippen LogP contribution in [0.3, 0.4) is 0 Å². The standard InChI is InChI=1S/C13H15N5O/c19-13(17-10-2-5-14-9-10)12-8-11(3-6-15-12)18-7-1-4-16-18/h1,3-4,6-8,10,14H,2,5,9H2,(H,17,19). The number of nitrogens with one attached hydrogen (secondary N) is 2. The van der Waals surface area contributed by atoms with Crippen LogP contribution in [0, 0.1) is 0 Å². The van der Waals surface area contributed by atoms with Gasteiger partial charge in [-0.2, -0.15) is 5.10 Å². The SMILES string of the molecule is O=C(NC1CCNC1)c1cc(-n2cccn2)ccn1. The number of aromatic nitrogens is 3. The minimum Gasteiger partial charge on any atom is -0.347 e. The fraction of sp³-hybridized carbons (Fsp3) is 0.308. The summed E-state index contributed by atoms with van der Waals surface area (Å²) >= 11 is 0. The third-order valence-corrected chi connectivity index (χ3v) is 3.14. The normalized spacial score (nSPS) is 18.4. The predicted octanol–water partition coefficient (Wildman–Crippen LogP) is 0.359. The summed E-state index contributed by atoms with van der Waals surface area (Å²) in [5, 5.41) is 10.3. The summed E-state index contributed by atoms with van der Waals surface area (Å²) in [6, 6.07) is 5.60. The second kappa shape index (κ2) is 5.19. The Kier molecular flexibility index (Phi) is 3.24. The molecule has 1 atom stereocenters. The predicted molar refractivity (Wildman–Crippen MR) is 70.1 cm³/mol. The van der Waals surface area contributed by atoms with Crippen LogP contribution in [-0.4, -0.2) is 39.8 Å². The molecule has 19 heavy (non-hydrogen) atoms. The first kappa shape index (κ1) is 11.9. The van der Waals surface area contributed by atoms with Crippen molar-refractivity contribution in [2.75, 3.05) is 13.1 Å². The van der Waals surface area contributed by atoms with Crippen LogP contribution in [0.1, 0.15) is 16.9 Å². The number of amides is 1. The first-order valence-corrected chi connectivity index (χ1v) is 6.30. The van der Waals surface area contributed by atoms with E-state index in [-0.39, 0.29) is 11.9 Å². The highest BCUT2D eigenvalue weighted by atomic mass is 16.1. The van der Waals surface area contributed by atoms with Crippen LogP contribution < -0.4 is 10.6 Å². The van der Waals surface area contributed by atoms with Crippen LogP contribution in [0.2, 0.25) is 0 Å². The largest absolute Gasteiger partial charge is 0.347 e. The van der Waals surface area contributed by atoms with Crippen molar-refractivity contribution < 1.29 is 4.79 Å². The quantitative estimate of drug-likeness (QED) is 0.832. The summed E-state index contributed by atoms with van der Waals surface area (Å²) in [5.74, 6) is -0.136. The monoisotopic (exact) mass is 257 g/mol. The number of hydrogen-bond donors (Lipinski definition) is 2. The molecule has 1 aliphatic rings. The Morgan fingerprint density at radius 2 is 2.42 bits per heavy atom. The van der Waals surface area contributed by atoms with E-state index in [2.05, 4.69) is 20.7 Å². The van der Waals surface area contributed by atoms with Gasteiger partial charge in [-0.3, -0.25) is 9.78 Å². The van der Waals surface area contributed by atoms with Gasteiger partial charge in [-0.1, -0.05) is 0 Å². The molecule has 1 amide bonds. The first-order valence-electron chi connectivity index (χ1n) is 6.30. The molecule has 3 rings (SSSR count). The van der Waals surface area contributed by atoms with Gasteiger partial charge in [-0.25, -0.2) is 4.68 Å². The summed E-state index contributed by atoms with van der Waals surface area (Å²) in [4.78, 5) is 16.2. The molecule has 0 spiro atoms. The fourth-order valence-electron chi connectivity index (χ4n) is 2.14. The average molecular weight is 257 g/mol. The second-order valence-corrected chi connectivity index (χ2v) is 4.51. The summed E-state index contributed by atoms with van der Waals surface area (Å²) in [7, 11) is 0. The summed E-state index contributed by atoms with van der Waals surface area (Å²) < 4.78 is 1.70. The maximum absolute atomic E-state index is 12.1. The Labute approximate surface area is 110 Å². The van der Waals surface area contributed by atoms with E-state index in [0.29, 0.717) is 5.69 Å². The molecule has 6 nitrogen and oxygen atoms in total. The molecule has 1 saturated heterocycles. The Morgan fingerprint density at radius 1 is 1.47 bits per heavy atom. The number of rotatable bonds is 3. The first-order chi connectivity index (χ1) is 9.33.